The first-order valence-electron chi connectivity index (χ1n) is 6.57. The fourth-order valence-electron chi connectivity index (χ4n) is 2.90. The summed E-state index contributed by atoms with van der Waals surface area (Å²) in [5.41, 5.74) is 0.491. The number of ether oxygens (including phenoxy) is 1. The van der Waals surface area contributed by atoms with Gasteiger partial charge in [-0.3, -0.25) is 0 Å². The summed E-state index contributed by atoms with van der Waals surface area (Å²) in [6.07, 6.45) is 7.25. The lowest BCUT2D eigenvalue weighted by molar-refractivity contribution is 0.0580. The molecule has 1 saturated heterocycles. The summed E-state index contributed by atoms with van der Waals surface area (Å²) in [4.78, 5) is 0. The zero-order chi connectivity index (χ0) is 10.7. The van der Waals surface area contributed by atoms with E-state index in [0.29, 0.717) is 11.5 Å². The molecular formula is C13H25NO. The van der Waals surface area contributed by atoms with Crippen LogP contribution < -0.4 is 5.32 Å². The highest BCUT2D eigenvalue weighted by atomic mass is 16.5. The van der Waals surface area contributed by atoms with Crippen molar-refractivity contribution in [1.29, 1.82) is 0 Å². The van der Waals surface area contributed by atoms with Gasteiger partial charge in [-0.1, -0.05) is 13.8 Å². The summed E-state index contributed by atoms with van der Waals surface area (Å²) in [7, 11) is 0. The van der Waals surface area contributed by atoms with Crippen LogP contribution in [0.1, 0.15) is 46.0 Å². The van der Waals surface area contributed by atoms with Crippen molar-refractivity contribution in [1.82, 2.24) is 5.32 Å². The Labute approximate surface area is 93.8 Å². The van der Waals surface area contributed by atoms with Crippen molar-refractivity contribution in [2.75, 3.05) is 19.7 Å². The third-order valence-corrected chi connectivity index (χ3v) is 4.06. The van der Waals surface area contributed by atoms with Gasteiger partial charge >= 0.3 is 0 Å². The molecule has 1 N–H and O–H groups in total. The quantitative estimate of drug-likeness (QED) is 0.729. The zero-order valence-electron chi connectivity index (χ0n) is 10.2. The van der Waals surface area contributed by atoms with Crippen LogP contribution in [-0.2, 0) is 4.74 Å². The largest absolute Gasteiger partial charge is 0.378 e. The van der Waals surface area contributed by atoms with Gasteiger partial charge in [-0.15, -0.1) is 0 Å². The molecule has 15 heavy (non-hydrogen) atoms. The molecular weight excluding hydrogens is 186 g/mol. The molecule has 0 aromatic carbocycles. The first-order valence-corrected chi connectivity index (χ1v) is 6.57. The monoisotopic (exact) mass is 211 g/mol. The number of nitrogens with one attached hydrogen (secondary N) is 1. The van der Waals surface area contributed by atoms with Crippen LogP contribution in [0.3, 0.4) is 0 Å². The molecule has 1 aliphatic heterocycles. The van der Waals surface area contributed by atoms with Crippen LogP contribution in [0.15, 0.2) is 0 Å². The van der Waals surface area contributed by atoms with Gasteiger partial charge in [0.25, 0.3) is 0 Å². The van der Waals surface area contributed by atoms with Crippen molar-refractivity contribution in [2.24, 2.45) is 11.3 Å². The van der Waals surface area contributed by atoms with E-state index in [9.17, 15) is 0 Å². The second-order valence-electron chi connectivity index (χ2n) is 5.55. The number of hydrogen-bond donors (Lipinski definition) is 1. The molecule has 2 rings (SSSR count). The molecule has 1 saturated carbocycles. The molecule has 2 heteroatoms. The SMILES string of the molecule is CCNCC(C)(CC1CCCO1)C1CC1. The molecule has 2 fully saturated rings. The van der Waals surface area contributed by atoms with E-state index >= 15 is 0 Å². The Morgan fingerprint density at radius 3 is 2.67 bits per heavy atom. The van der Waals surface area contributed by atoms with Crippen molar-refractivity contribution in [3.63, 3.8) is 0 Å². The van der Waals surface area contributed by atoms with Crippen molar-refractivity contribution < 1.29 is 4.74 Å². The Morgan fingerprint density at radius 1 is 1.33 bits per heavy atom. The molecule has 2 aliphatic rings. The molecule has 2 atom stereocenters. The van der Waals surface area contributed by atoms with E-state index in [1.165, 1.54) is 38.6 Å². The maximum atomic E-state index is 5.78. The van der Waals surface area contributed by atoms with Crippen LogP contribution in [0.25, 0.3) is 0 Å². The van der Waals surface area contributed by atoms with E-state index in [0.717, 1.165) is 19.1 Å². The molecule has 2 nitrogen and oxygen atoms in total. The van der Waals surface area contributed by atoms with Gasteiger partial charge in [-0.05, 0) is 50.0 Å². The molecule has 0 radical (unpaired) electrons. The van der Waals surface area contributed by atoms with E-state index in [2.05, 4.69) is 19.2 Å². The molecule has 88 valence electrons. The van der Waals surface area contributed by atoms with Gasteiger partial charge in [-0.25, -0.2) is 0 Å². The zero-order valence-corrected chi connectivity index (χ0v) is 10.2. The van der Waals surface area contributed by atoms with Crippen LogP contribution >= 0.6 is 0 Å². The van der Waals surface area contributed by atoms with Crippen molar-refractivity contribution in [2.45, 2.75) is 52.1 Å². The minimum absolute atomic E-state index is 0.491. The summed E-state index contributed by atoms with van der Waals surface area (Å²) in [5.74, 6) is 0.959. The normalized spacial score (nSPS) is 30.4. The Kier molecular flexibility index (Phi) is 3.68. The number of rotatable bonds is 6. The summed E-state index contributed by atoms with van der Waals surface area (Å²) in [6, 6.07) is 0. The molecule has 0 spiro atoms. The van der Waals surface area contributed by atoms with Crippen LogP contribution in [0.2, 0.25) is 0 Å². The van der Waals surface area contributed by atoms with Crippen molar-refractivity contribution in [3.8, 4) is 0 Å². The summed E-state index contributed by atoms with van der Waals surface area (Å²) >= 11 is 0. The Hall–Kier alpha value is -0.0800. The van der Waals surface area contributed by atoms with E-state index in [-0.39, 0.29) is 0 Å². The van der Waals surface area contributed by atoms with Gasteiger partial charge in [-0.2, -0.15) is 0 Å². The lowest BCUT2D eigenvalue weighted by Gasteiger charge is -2.32. The molecule has 0 aromatic rings. The maximum Gasteiger partial charge on any atom is 0.0581 e. The Morgan fingerprint density at radius 2 is 2.13 bits per heavy atom. The molecule has 0 aromatic heterocycles. The number of hydrogen-bond acceptors (Lipinski definition) is 2. The predicted molar refractivity (Wildman–Crippen MR) is 63.0 cm³/mol. The molecule has 0 bridgehead atoms. The summed E-state index contributed by atoms with van der Waals surface area (Å²) in [5, 5.41) is 3.53. The highest BCUT2D eigenvalue weighted by molar-refractivity contribution is 4.94. The van der Waals surface area contributed by atoms with Crippen molar-refractivity contribution >= 4 is 0 Å². The van der Waals surface area contributed by atoms with Crippen molar-refractivity contribution in [3.05, 3.63) is 0 Å². The summed E-state index contributed by atoms with van der Waals surface area (Å²) < 4.78 is 5.78. The first kappa shape index (κ1) is 11.4. The van der Waals surface area contributed by atoms with Crippen LogP contribution in [0.5, 0.6) is 0 Å². The van der Waals surface area contributed by atoms with Gasteiger partial charge in [0, 0.05) is 13.2 Å². The summed E-state index contributed by atoms with van der Waals surface area (Å²) in [6.45, 7) is 7.91. The standard InChI is InChI=1S/C13H25NO/c1-3-14-10-13(2,11-6-7-11)9-12-5-4-8-15-12/h11-12,14H,3-10H2,1-2H3. The third kappa shape index (κ3) is 2.94. The van der Waals surface area contributed by atoms with E-state index in [4.69, 9.17) is 4.74 Å². The molecule has 0 amide bonds. The highest BCUT2D eigenvalue weighted by Crippen LogP contribution is 2.48. The third-order valence-electron chi connectivity index (χ3n) is 4.06. The van der Waals surface area contributed by atoms with Crippen LogP contribution in [0.4, 0.5) is 0 Å². The lowest BCUT2D eigenvalue weighted by atomic mass is 9.79. The van der Waals surface area contributed by atoms with Gasteiger partial charge in [0.1, 0.15) is 0 Å². The average Bonchev–Trinajstić information content (AvgIpc) is 2.98. The van der Waals surface area contributed by atoms with E-state index < -0.39 is 0 Å². The molecule has 2 unspecified atom stereocenters. The molecule has 1 heterocycles. The molecule has 1 aliphatic carbocycles. The smallest absolute Gasteiger partial charge is 0.0581 e. The predicted octanol–water partition coefficient (Wildman–Crippen LogP) is 2.58. The minimum atomic E-state index is 0.491. The second-order valence-corrected chi connectivity index (χ2v) is 5.55. The van der Waals surface area contributed by atoms with E-state index in [1.54, 1.807) is 0 Å². The maximum absolute atomic E-state index is 5.78. The van der Waals surface area contributed by atoms with Gasteiger partial charge < -0.3 is 10.1 Å². The second kappa shape index (κ2) is 4.84. The lowest BCUT2D eigenvalue weighted by Crippen LogP contribution is -2.36. The van der Waals surface area contributed by atoms with Gasteiger partial charge in [0.2, 0.25) is 0 Å². The van der Waals surface area contributed by atoms with E-state index in [1.807, 2.05) is 0 Å². The average molecular weight is 211 g/mol. The Balaban J connectivity index is 1.85. The minimum Gasteiger partial charge on any atom is -0.378 e. The fraction of sp³-hybridized carbons (Fsp3) is 1.00. The van der Waals surface area contributed by atoms with Gasteiger partial charge in [0.05, 0.1) is 6.10 Å². The fourth-order valence-corrected chi connectivity index (χ4v) is 2.90. The first-order chi connectivity index (χ1) is 7.24. The van der Waals surface area contributed by atoms with Crippen LogP contribution in [-0.4, -0.2) is 25.8 Å². The van der Waals surface area contributed by atoms with Gasteiger partial charge in [0.15, 0.2) is 0 Å². The van der Waals surface area contributed by atoms with Crippen LogP contribution in [0, 0.1) is 11.3 Å². The topological polar surface area (TPSA) is 21.3 Å². The highest BCUT2D eigenvalue weighted by Gasteiger charge is 2.42. The Bertz CT molecular complexity index is 197.